The second-order valence-electron chi connectivity index (χ2n) is 5.49. The number of hydrogen-bond acceptors (Lipinski definition) is 5. The molecule has 0 saturated carbocycles. The first-order valence-electron chi connectivity index (χ1n) is 8.09. The van der Waals surface area contributed by atoms with Gasteiger partial charge in [0.15, 0.2) is 0 Å². The van der Waals surface area contributed by atoms with E-state index in [1.165, 1.54) is 0 Å². The summed E-state index contributed by atoms with van der Waals surface area (Å²) in [7, 11) is 1.60. The molecule has 0 aromatic heterocycles. The molecule has 2 amide bonds. The van der Waals surface area contributed by atoms with Gasteiger partial charge in [0.1, 0.15) is 24.5 Å². The zero-order chi connectivity index (χ0) is 17.2. The quantitative estimate of drug-likeness (QED) is 0.516. The van der Waals surface area contributed by atoms with Gasteiger partial charge in [-0.15, -0.1) is 0 Å². The van der Waals surface area contributed by atoms with E-state index in [-0.39, 0.29) is 24.3 Å². The van der Waals surface area contributed by atoms with Crippen molar-refractivity contribution in [1.82, 2.24) is 10.6 Å². The Labute approximate surface area is 141 Å². The minimum absolute atomic E-state index is 0.0786. The normalized spacial score (nSPS) is 16.5. The largest absolute Gasteiger partial charge is 0.497 e. The first-order valence-corrected chi connectivity index (χ1v) is 8.09. The topological polar surface area (TPSA) is 85.9 Å². The third-order valence-corrected chi connectivity index (χ3v) is 3.62. The van der Waals surface area contributed by atoms with Gasteiger partial charge in [-0.2, -0.15) is 0 Å². The van der Waals surface area contributed by atoms with E-state index in [2.05, 4.69) is 10.6 Å². The lowest BCUT2D eigenvalue weighted by molar-refractivity contribution is -0.129. The van der Waals surface area contributed by atoms with E-state index in [9.17, 15) is 9.59 Å². The van der Waals surface area contributed by atoms with Gasteiger partial charge in [-0.3, -0.25) is 9.59 Å². The van der Waals surface area contributed by atoms with Gasteiger partial charge in [0.05, 0.1) is 19.8 Å². The molecule has 0 radical (unpaired) electrons. The highest BCUT2D eigenvalue weighted by atomic mass is 16.5. The first kappa shape index (κ1) is 18.1. The molecule has 1 aliphatic rings. The van der Waals surface area contributed by atoms with Gasteiger partial charge in [-0.1, -0.05) is 0 Å². The number of nitrogens with one attached hydrogen (secondary N) is 2. The average molecular weight is 336 g/mol. The van der Waals surface area contributed by atoms with Crippen LogP contribution in [0, 0.1) is 0 Å². The third kappa shape index (κ3) is 6.45. The standard InChI is InChI=1S/C17H24N2O5/c1-22-13-4-6-14(7-5-13)24-10-8-18-16(20)11-17(21)19-12-15-3-2-9-23-15/h4-7,15H,2-3,8-12H2,1H3,(H,18,20)(H,19,21). The first-order chi connectivity index (χ1) is 11.7. The summed E-state index contributed by atoms with van der Waals surface area (Å²) in [4.78, 5) is 23.3. The van der Waals surface area contributed by atoms with Crippen molar-refractivity contribution in [3.8, 4) is 11.5 Å². The number of carbonyl (C=O) groups excluding carboxylic acids is 2. The molecule has 1 unspecified atom stereocenters. The summed E-state index contributed by atoms with van der Waals surface area (Å²) in [5.41, 5.74) is 0. The van der Waals surface area contributed by atoms with Gasteiger partial charge in [0, 0.05) is 13.2 Å². The molecule has 7 nitrogen and oxygen atoms in total. The van der Waals surface area contributed by atoms with Crippen molar-refractivity contribution in [2.24, 2.45) is 0 Å². The molecule has 1 saturated heterocycles. The fourth-order valence-electron chi connectivity index (χ4n) is 2.34. The van der Waals surface area contributed by atoms with Crippen molar-refractivity contribution in [1.29, 1.82) is 0 Å². The number of methoxy groups -OCH3 is 1. The Balaban J connectivity index is 1.54. The smallest absolute Gasteiger partial charge is 0.229 e. The molecule has 2 N–H and O–H groups in total. The number of carbonyl (C=O) groups is 2. The molecule has 0 spiro atoms. The van der Waals surface area contributed by atoms with Crippen LogP contribution in [0.15, 0.2) is 24.3 Å². The van der Waals surface area contributed by atoms with Crippen LogP contribution in [-0.2, 0) is 14.3 Å². The van der Waals surface area contributed by atoms with Gasteiger partial charge in [-0.25, -0.2) is 0 Å². The average Bonchev–Trinajstić information content (AvgIpc) is 3.11. The highest BCUT2D eigenvalue weighted by Gasteiger charge is 2.17. The molecule has 132 valence electrons. The molecule has 24 heavy (non-hydrogen) atoms. The van der Waals surface area contributed by atoms with Crippen molar-refractivity contribution in [3.63, 3.8) is 0 Å². The Morgan fingerprint density at radius 2 is 1.88 bits per heavy atom. The van der Waals surface area contributed by atoms with E-state index < -0.39 is 0 Å². The minimum atomic E-state index is -0.321. The van der Waals surface area contributed by atoms with Crippen LogP contribution in [0.1, 0.15) is 19.3 Å². The monoisotopic (exact) mass is 336 g/mol. The summed E-state index contributed by atoms with van der Waals surface area (Å²) in [5.74, 6) is 0.835. The van der Waals surface area contributed by atoms with Crippen molar-refractivity contribution in [2.75, 3.05) is 33.4 Å². The molecule has 1 heterocycles. The SMILES string of the molecule is COc1ccc(OCCNC(=O)CC(=O)NCC2CCCO2)cc1. The molecule has 0 aliphatic carbocycles. The molecule has 2 rings (SSSR count). The van der Waals surface area contributed by atoms with Crippen molar-refractivity contribution in [2.45, 2.75) is 25.4 Å². The fourth-order valence-corrected chi connectivity index (χ4v) is 2.34. The molecule has 1 atom stereocenters. The van der Waals surface area contributed by atoms with Crippen LogP contribution in [0.3, 0.4) is 0 Å². The van der Waals surface area contributed by atoms with Gasteiger partial charge < -0.3 is 24.8 Å². The Morgan fingerprint density at radius 1 is 1.17 bits per heavy atom. The van der Waals surface area contributed by atoms with Gasteiger partial charge >= 0.3 is 0 Å². The fraction of sp³-hybridized carbons (Fsp3) is 0.529. The summed E-state index contributed by atoms with van der Waals surface area (Å²) in [6.07, 6.45) is 1.87. The van der Waals surface area contributed by atoms with Gasteiger partial charge in [-0.05, 0) is 37.1 Å². The van der Waals surface area contributed by atoms with Crippen molar-refractivity contribution in [3.05, 3.63) is 24.3 Å². The van der Waals surface area contributed by atoms with E-state index in [0.717, 1.165) is 25.2 Å². The number of amides is 2. The maximum Gasteiger partial charge on any atom is 0.229 e. The summed E-state index contributed by atoms with van der Waals surface area (Å²) < 4.78 is 16.0. The summed E-state index contributed by atoms with van der Waals surface area (Å²) in [5, 5.41) is 5.37. The van der Waals surface area contributed by atoms with Gasteiger partial charge in [0.25, 0.3) is 0 Å². The highest BCUT2D eigenvalue weighted by Crippen LogP contribution is 2.16. The van der Waals surface area contributed by atoms with E-state index in [0.29, 0.717) is 25.4 Å². The van der Waals surface area contributed by atoms with Crippen molar-refractivity contribution < 1.29 is 23.8 Å². The molecule has 0 bridgehead atoms. The van der Waals surface area contributed by atoms with Crippen LogP contribution in [0.5, 0.6) is 11.5 Å². The van der Waals surface area contributed by atoms with E-state index >= 15 is 0 Å². The molecule has 1 aromatic rings. The molecule has 1 aromatic carbocycles. The minimum Gasteiger partial charge on any atom is -0.497 e. The highest BCUT2D eigenvalue weighted by molar-refractivity contribution is 5.96. The number of benzene rings is 1. The summed E-state index contributed by atoms with van der Waals surface area (Å²) in [6, 6.07) is 7.18. The number of hydrogen-bond donors (Lipinski definition) is 2. The van der Waals surface area contributed by atoms with Crippen LogP contribution in [0.4, 0.5) is 0 Å². The predicted octanol–water partition coefficient (Wildman–Crippen LogP) is 0.875. The molecule has 1 fully saturated rings. The lowest BCUT2D eigenvalue weighted by atomic mass is 10.2. The van der Waals surface area contributed by atoms with Gasteiger partial charge in [0.2, 0.25) is 11.8 Å². The van der Waals surface area contributed by atoms with Crippen molar-refractivity contribution >= 4 is 11.8 Å². The second-order valence-corrected chi connectivity index (χ2v) is 5.49. The van der Waals surface area contributed by atoms with E-state index in [4.69, 9.17) is 14.2 Å². The lowest BCUT2D eigenvalue weighted by Crippen LogP contribution is -2.36. The van der Waals surface area contributed by atoms with E-state index in [1.807, 2.05) is 0 Å². The number of ether oxygens (including phenoxy) is 3. The van der Waals surface area contributed by atoms with Crippen LogP contribution >= 0.6 is 0 Å². The zero-order valence-electron chi connectivity index (χ0n) is 13.9. The second kappa shape index (κ2) is 9.77. The summed E-state index contributed by atoms with van der Waals surface area (Å²) in [6.45, 7) is 1.88. The van der Waals surface area contributed by atoms with Crippen LogP contribution < -0.4 is 20.1 Å². The predicted molar refractivity (Wildman–Crippen MR) is 88.1 cm³/mol. The summed E-state index contributed by atoms with van der Waals surface area (Å²) >= 11 is 0. The maximum atomic E-state index is 11.7. The Kier molecular flexibility index (Phi) is 7.35. The number of rotatable bonds is 9. The molecule has 7 heteroatoms. The maximum absolute atomic E-state index is 11.7. The Bertz CT molecular complexity index is 526. The molecular formula is C17H24N2O5. The third-order valence-electron chi connectivity index (χ3n) is 3.62. The molecule has 1 aliphatic heterocycles. The molecular weight excluding hydrogens is 312 g/mol. The van der Waals surface area contributed by atoms with Crippen LogP contribution in [-0.4, -0.2) is 51.3 Å². The van der Waals surface area contributed by atoms with E-state index in [1.54, 1.807) is 31.4 Å². The van der Waals surface area contributed by atoms with Crippen LogP contribution in [0.2, 0.25) is 0 Å². The Morgan fingerprint density at radius 3 is 2.54 bits per heavy atom. The Hall–Kier alpha value is -2.28. The lowest BCUT2D eigenvalue weighted by Gasteiger charge is -2.11. The van der Waals surface area contributed by atoms with Crippen LogP contribution in [0.25, 0.3) is 0 Å². The zero-order valence-corrected chi connectivity index (χ0v) is 13.9.